The fraction of sp³-hybridized carbons (Fsp3) is 0.148. The third-order valence-electron chi connectivity index (χ3n) is 5.60. The number of thiazole rings is 1. The van der Waals surface area contributed by atoms with Gasteiger partial charge in [-0.05, 0) is 30.2 Å². The molecule has 0 saturated heterocycles. The molecule has 0 radical (unpaired) electrons. The van der Waals surface area contributed by atoms with E-state index in [1.54, 1.807) is 11.3 Å². The maximum atomic E-state index is 12.6. The number of nitrogens with zero attached hydrogens (tertiary/aromatic N) is 2. The maximum absolute atomic E-state index is 12.6. The number of aromatic nitrogens is 1. The van der Waals surface area contributed by atoms with E-state index in [2.05, 4.69) is 5.32 Å². The molecule has 1 N–H and O–H groups in total. The van der Waals surface area contributed by atoms with Gasteiger partial charge in [-0.2, -0.15) is 0 Å². The summed E-state index contributed by atoms with van der Waals surface area (Å²) in [6.07, 6.45) is 0.734. The molecule has 0 aliphatic carbocycles. The van der Waals surface area contributed by atoms with Gasteiger partial charge in [-0.1, -0.05) is 60.7 Å². The van der Waals surface area contributed by atoms with Crippen LogP contribution in [-0.4, -0.2) is 36.5 Å². The van der Waals surface area contributed by atoms with Gasteiger partial charge in [0.1, 0.15) is 17.3 Å². The Morgan fingerprint density at radius 1 is 1.00 bits per heavy atom. The lowest BCUT2D eigenvalue weighted by atomic mass is 10.1. The van der Waals surface area contributed by atoms with Crippen LogP contribution in [-0.2, 0) is 16.0 Å². The number of anilines is 1. The van der Waals surface area contributed by atoms with E-state index >= 15 is 0 Å². The Labute approximate surface area is 201 Å². The van der Waals surface area contributed by atoms with E-state index in [1.807, 2.05) is 84.2 Å². The molecule has 3 aromatic carbocycles. The van der Waals surface area contributed by atoms with E-state index in [-0.39, 0.29) is 25.0 Å². The van der Waals surface area contributed by atoms with Crippen LogP contribution in [0.25, 0.3) is 21.8 Å². The zero-order chi connectivity index (χ0) is 23.3. The van der Waals surface area contributed by atoms with Crippen molar-refractivity contribution in [2.24, 2.45) is 0 Å². The Kier molecular flexibility index (Phi) is 6.35. The van der Waals surface area contributed by atoms with Gasteiger partial charge in [0.05, 0.1) is 11.4 Å². The summed E-state index contributed by atoms with van der Waals surface area (Å²) in [5, 5.41) is 5.84. The highest BCUT2D eigenvalue weighted by Crippen LogP contribution is 2.37. The molecule has 5 rings (SSSR count). The van der Waals surface area contributed by atoms with Gasteiger partial charge >= 0.3 is 0 Å². The number of hydrogen-bond donors (Lipinski definition) is 1. The third-order valence-corrected chi connectivity index (χ3v) is 6.49. The van der Waals surface area contributed by atoms with Crippen molar-refractivity contribution in [3.05, 3.63) is 89.8 Å². The summed E-state index contributed by atoms with van der Waals surface area (Å²) in [5.41, 5.74) is 4.48. The van der Waals surface area contributed by atoms with Crippen LogP contribution < -0.4 is 15.0 Å². The van der Waals surface area contributed by atoms with Crippen LogP contribution in [0.15, 0.2) is 84.2 Å². The Bertz CT molecular complexity index is 1310. The standard InChI is InChI=1S/C27H23N3O3S/c31-25(28-14-13-19-7-3-1-4-8-19)16-30-23-15-21(11-12-24(23)33-17-26(30)32)22-18-34-27(29-22)20-9-5-2-6-10-20/h1-12,15,18H,13-14,16-17H2,(H,28,31). The van der Waals surface area contributed by atoms with Crippen molar-refractivity contribution in [3.8, 4) is 27.6 Å². The zero-order valence-electron chi connectivity index (χ0n) is 18.4. The van der Waals surface area contributed by atoms with Gasteiger partial charge in [0.15, 0.2) is 6.61 Å². The first kappa shape index (κ1) is 21.9. The molecule has 0 saturated carbocycles. The summed E-state index contributed by atoms with van der Waals surface area (Å²) < 4.78 is 5.61. The summed E-state index contributed by atoms with van der Waals surface area (Å²) in [6, 6.07) is 25.6. The summed E-state index contributed by atoms with van der Waals surface area (Å²) >= 11 is 1.57. The van der Waals surface area contributed by atoms with Crippen LogP contribution in [0.4, 0.5) is 5.69 Å². The number of ether oxygens (including phenoxy) is 1. The first-order chi connectivity index (χ1) is 16.7. The van der Waals surface area contributed by atoms with Crippen molar-refractivity contribution in [2.45, 2.75) is 6.42 Å². The van der Waals surface area contributed by atoms with Crippen LogP contribution in [0.2, 0.25) is 0 Å². The summed E-state index contributed by atoms with van der Waals surface area (Å²) in [4.78, 5) is 31.5. The SMILES string of the molecule is O=C(CN1C(=O)COc2ccc(-c3csc(-c4ccccc4)n3)cc21)NCCc1ccccc1. The molecule has 6 nitrogen and oxygen atoms in total. The number of benzene rings is 3. The lowest BCUT2D eigenvalue weighted by Gasteiger charge is -2.29. The van der Waals surface area contributed by atoms with Crippen molar-refractivity contribution in [1.29, 1.82) is 0 Å². The Balaban J connectivity index is 1.31. The molecule has 4 aromatic rings. The van der Waals surface area contributed by atoms with Crippen LogP contribution in [0.3, 0.4) is 0 Å². The highest BCUT2D eigenvalue weighted by atomic mass is 32.1. The molecule has 1 aliphatic rings. The number of hydrogen-bond acceptors (Lipinski definition) is 5. The smallest absolute Gasteiger partial charge is 0.265 e. The van der Waals surface area contributed by atoms with Crippen LogP contribution in [0, 0.1) is 0 Å². The van der Waals surface area contributed by atoms with Gasteiger partial charge in [-0.25, -0.2) is 4.98 Å². The lowest BCUT2D eigenvalue weighted by molar-refractivity contribution is -0.125. The quantitative estimate of drug-likeness (QED) is 0.431. The van der Waals surface area contributed by atoms with E-state index in [0.717, 1.165) is 33.8 Å². The molecule has 7 heteroatoms. The van der Waals surface area contributed by atoms with Crippen molar-refractivity contribution >= 4 is 28.8 Å². The largest absolute Gasteiger partial charge is 0.482 e. The molecular formula is C27H23N3O3S. The lowest BCUT2D eigenvalue weighted by Crippen LogP contribution is -2.45. The molecule has 1 aromatic heterocycles. The van der Waals surface area contributed by atoms with Crippen LogP contribution >= 0.6 is 11.3 Å². The van der Waals surface area contributed by atoms with Gasteiger partial charge < -0.3 is 10.1 Å². The molecule has 0 atom stereocenters. The predicted molar refractivity (Wildman–Crippen MR) is 134 cm³/mol. The number of fused-ring (bicyclic) bond motifs is 1. The Morgan fingerprint density at radius 3 is 2.56 bits per heavy atom. The monoisotopic (exact) mass is 469 g/mol. The number of carbonyl (C=O) groups is 2. The van der Waals surface area contributed by atoms with E-state index < -0.39 is 0 Å². The summed E-state index contributed by atoms with van der Waals surface area (Å²) in [5.74, 6) is 0.132. The first-order valence-electron chi connectivity index (χ1n) is 11.1. The molecule has 0 unspecified atom stereocenters. The third kappa shape index (κ3) is 4.84. The number of amides is 2. The fourth-order valence-electron chi connectivity index (χ4n) is 3.84. The molecule has 34 heavy (non-hydrogen) atoms. The normalized spacial score (nSPS) is 12.7. The zero-order valence-corrected chi connectivity index (χ0v) is 19.3. The highest BCUT2D eigenvalue weighted by molar-refractivity contribution is 7.13. The molecule has 0 fully saturated rings. The average Bonchev–Trinajstić information content (AvgIpc) is 3.37. The first-order valence-corrected chi connectivity index (χ1v) is 11.9. The minimum Gasteiger partial charge on any atom is -0.482 e. The molecule has 170 valence electrons. The average molecular weight is 470 g/mol. The minimum absolute atomic E-state index is 0.0558. The van der Waals surface area contributed by atoms with Crippen LogP contribution in [0.1, 0.15) is 5.56 Å². The molecule has 0 bridgehead atoms. The van der Waals surface area contributed by atoms with Gasteiger partial charge in [-0.15, -0.1) is 11.3 Å². The molecule has 1 aliphatic heterocycles. The van der Waals surface area contributed by atoms with Gasteiger partial charge in [0.2, 0.25) is 5.91 Å². The topological polar surface area (TPSA) is 71.5 Å². The Hall–Kier alpha value is -3.97. The summed E-state index contributed by atoms with van der Waals surface area (Å²) in [7, 11) is 0. The second kappa shape index (κ2) is 9.89. The van der Waals surface area contributed by atoms with Crippen molar-refractivity contribution < 1.29 is 14.3 Å². The highest BCUT2D eigenvalue weighted by Gasteiger charge is 2.28. The second-order valence-corrected chi connectivity index (χ2v) is 8.80. The van der Waals surface area contributed by atoms with E-state index in [0.29, 0.717) is 18.0 Å². The summed E-state index contributed by atoms with van der Waals surface area (Å²) in [6.45, 7) is 0.369. The molecule has 0 spiro atoms. The molecule has 2 amide bonds. The van der Waals surface area contributed by atoms with Crippen molar-refractivity contribution in [3.63, 3.8) is 0 Å². The number of rotatable bonds is 7. The van der Waals surface area contributed by atoms with E-state index in [1.165, 1.54) is 4.90 Å². The number of carbonyl (C=O) groups excluding carboxylic acids is 2. The van der Waals surface area contributed by atoms with Crippen molar-refractivity contribution in [1.82, 2.24) is 10.3 Å². The van der Waals surface area contributed by atoms with Gasteiger partial charge in [0.25, 0.3) is 5.91 Å². The number of nitrogens with one attached hydrogen (secondary N) is 1. The van der Waals surface area contributed by atoms with Crippen LogP contribution in [0.5, 0.6) is 5.75 Å². The fourth-order valence-corrected chi connectivity index (χ4v) is 4.68. The second-order valence-electron chi connectivity index (χ2n) is 7.94. The minimum atomic E-state index is -0.244. The Morgan fingerprint density at radius 2 is 1.76 bits per heavy atom. The van der Waals surface area contributed by atoms with Gasteiger partial charge in [-0.3, -0.25) is 14.5 Å². The van der Waals surface area contributed by atoms with Crippen molar-refractivity contribution in [2.75, 3.05) is 24.6 Å². The molecular weight excluding hydrogens is 446 g/mol. The maximum Gasteiger partial charge on any atom is 0.265 e. The predicted octanol–water partition coefficient (Wildman–Crippen LogP) is 4.56. The van der Waals surface area contributed by atoms with Gasteiger partial charge in [0, 0.05) is 23.1 Å². The molecule has 2 heterocycles. The van der Waals surface area contributed by atoms with E-state index in [9.17, 15) is 9.59 Å². The van der Waals surface area contributed by atoms with E-state index in [4.69, 9.17) is 9.72 Å².